The Bertz CT molecular complexity index is 622. The molecule has 0 spiro atoms. The molecule has 0 unspecified atom stereocenters. The summed E-state index contributed by atoms with van der Waals surface area (Å²) in [4.78, 5) is 8.99. The molecule has 0 atom stereocenters. The van der Waals surface area contributed by atoms with Crippen LogP contribution in [0.5, 0.6) is 11.5 Å². The number of benzene rings is 1. The Morgan fingerprint density at radius 2 is 1.71 bits per heavy atom. The largest absolute Gasteiger partial charge is 0.496 e. The number of ether oxygens (including phenoxy) is 2. The summed E-state index contributed by atoms with van der Waals surface area (Å²) in [6.07, 6.45) is 1.74. The van der Waals surface area contributed by atoms with Crippen molar-refractivity contribution in [3.8, 4) is 22.8 Å². The molecule has 21 heavy (non-hydrogen) atoms. The van der Waals surface area contributed by atoms with E-state index in [-0.39, 0.29) is 0 Å². The molecule has 0 aliphatic carbocycles. The highest BCUT2D eigenvalue weighted by molar-refractivity contribution is 6.30. The van der Waals surface area contributed by atoms with Crippen LogP contribution in [0.25, 0.3) is 11.3 Å². The number of hydrogen-bond donors (Lipinski definition) is 0. The maximum atomic E-state index is 6.26. The molecule has 0 aliphatic rings. The molecule has 0 radical (unpaired) electrons. The van der Waals surface area contributed by atoms with Gasteiger partial charge in [-0.25, -0.2) is 9.97 Å². The molecule has 0 bridgehead atoms. The smallest absolute Gasteiger partial charge is 0.136 e. The first-order chi connectivity index (χ1) is 10.1. The lowest BCUT2D eigenvalue weighted by atomic mass is 10.1. The topological polar surface area (TPSA) is 44.2 Å². The van der Waals surface area contributed by atoms with Gasteiger partial charge in [0.15, 0.2) is 0 Å². The Kier molecular flexibility index (Phi) is 5.02. The van der Waals surface area contributed by atoms with Crippen molar-refractivity contribution in [1.82, 2.24) is 9.97 Å². The minimum absolute atomic E-state index is 0.469. The van der Waals surface area contributed by atoms with Crippen molar-refractivity contribution in [3.63, 3.8) is 0 Å². The first-order valence-electron chi connectivity index (χ1n) is 6.86. The molecule has 1 heterocycles. The van der Waals surface area contributed by atoms with Crippen LogP contribution in [0.1, 0.15) is 24.7 Å². The fourth-order valence-electron chi connectivity index (χ4n) is 2.20. The fraction of sp³-hybridized carbons (Fsp3) is 0.375. The first kappa shape index (κ1) is 15.6. The van der Waals surface area contributed by atoms with E-state index in [1.807, 2.05) is 25.1 Å². The quantitative estimate of drug-likeness (QED) is 0.781. The first-order valence-corrected chi connectivity index (χ1v) is 7.24. The Morgan fingerprint density at radius 1 is 1.10 bits per heavy atom. The number of aryl methyl sites for hydroxylation is 1. The maximum absolute atomic E-state index is 6.26. The molecule has 0 saturated heterocycles. The Labute approximate surface area is 130 Å². The minimum Gasteiger partial charge on any atom is -0.496 e. The predicted molar refractivity (Wildman–Crippen MR) is 84.3 cm³/mol. The lowest BCUT2D eigenvalue weighted by Gasteiger charge is -2.15. The molecule has 2 rings (SSSR count). The lowest BCUT2D eigenvalue weighted by Crippen LogP contribution is -2.03. The van der Waals surface area contributed by atoms with E-state index < -0.39 is 0 Å². The predicted octanol–water partition coefficient (Wildman–Crippen LogP) is 4.08. The highest BCUT2D eigenvalue weighted by atomic mass is 35.5. The third-order valence-electron chi connectivity index (χ3n) is 3.27. The summed E-state index contributed by atoms with van der Waals surface area (Å²) in [5, 5.41) is 0.469. The Morgan fingerprint density at radius 3 is 2.24 bits per heavy atom. The highest BCUT2D eigenvalue weighted by Crippen LogP contribution is 2.39. The summed E-state index contributed by atoms with van der Waals surface area (Å²) < 4.78 is 10.9. The zero-order valence-electron chi connectivity index (χ0n) is 12.7. The van der Waals surface area contributed by atoms with Crippen molar-refractivity contribution < 1.29 is 9.47 Å². The molecule has 112 valence electrons. The van der Waals surface area contributed by atoms with Crippen LogP contribution in [0.15, 0.2) is 18.2 Å². The number of aromatic nitrogens is 2. The van der Waals surface area contributed by atoms with Gasteiger partial charge in [-0.15, -0.1) is 0 Å². The molecule has 4 nitrogen and oxygen atoms in total. The molecule has 0 saturated carbocycles. The van der Waals surface area contributed by atoms with Gasteiger partial charge in [0.2, 0.25) is 0 Å². The van der Waals surface area contributed by atoms with Gasteiger partial charge in [-0.2, -0.15) is 0 Å². The van der Waals surface area contributed by atoms with Crippen molar-refractivity contribution in [1.29, 1.82) is 0 Å². The normalized spacial score (nSPS) is 10.5. The Balaban J connectivity index is 2.71. The molecular formula is C16H19ClN2O2. The summed E-state index contributed by atoms with van der Waals surface area (Å²) in [5.41, 5.74) is 2.38. The zero-order valence-corrected chi connectivity index (χ0v) is 13.5. The second kappa shape index (κ2) is 6.76. The highest BCUT2D eigenvalue weighted by Gasteiger charge is 2.19. The van der Waals surface area contributed by atoms with Gasteiger partial charge >= 0.3 is 0 Å². The van der Waals surface area contributed by atoms with Crippen molar-refractivity contribution in [2.75, 3.05) is 14.2 Å². The number of rotatable bonds is 5. The van der Waals surface area contributed by atoms with Crippen molar-refractivity contribution >= 4 is 11.6 Å². The van der Waals surface area contributed by atoms with Crippen LogP contribution in [0.4, 0.5) is 0 Å². The molecule has 0 N–H and O–H groups in total. The number of hydrogen-bond acceptors (Lipinski definition) is 4. The molecule has 0 aliphatic heterocycles. The second-order valence-electron chi connectivity index (χ2n) is 4.69. The van der Waals surface area contributed by atoms with Crippen molar-refractivity contribution in [2.45, 2.75) is 26.7 Å². The van der Waals surface area contributed by atoms with E-state index >= 15 is 0 Å². The summed E-state index contributed by atoms with van der Waals surface area (Å²) in [6, 6.07) is 5.64. The van der Waals surface area contributed by atoms with Gasteiger partial charge in [-0.3, -0.25) is 0 Å². The van der Waals surface area contributed by atoms with Crippen LogP contribution >= 0.6 is 11.6 Å². The summed E-state index contributed by atoms with van der Waals surface area (Å²) in [6.45, 7) is 3.99. The van der Waals surface area contributed by atoms with Crippen LogP contribution in [0.3, 0.4) is 0 Å². The molecular weight excluding hydrogens is 288 g/mol. The van der Waals surface area contributed by atoms with Gasteiger partial charge in [0, 0.05) is 12.0 Å². The molecule has 0 fully saturated rings. The van der Waals surface area contributed by atoms with Crippen molar-refractivity contribution in [2.24, 2.45) is 0 Å². The van der Waals surface area contributed by atoms with Gasteiger partial charge in [0.1, 0.15) is 22.5 Å². The maximum Gasteiger partial charge on any atom is 0.136 e. The molecule has 1 aromatic carbocycles. The van der Waals surface area contributed by atoms with Crippen molar-refractivity contribution in [3.05, 3.63) is 34.7 Å². The molecule has 0 amide bonds. The van der Waals surface area contributed by atoms with Crippen LogP contribution in [0, 0.1) is 6.92 Å². The van der Waals surface area contributed by atoms with Gasteiger partial charge < -0.3 is 9.47 Å². The van der Waals surface area contributed by atoms with Crippen LogP contribution in [0.2, 0.25) is 5.15 Å². The van der Waals surface area contributed by atoms with E-state index in [1.165, 1.54) is 0 Å². The van der Waals surface area contributed by atoms with Gasteiger partial charge in [-0.05, 0) is 25.5 Å². The van der Waals surface area contributed by atoms with Crippen LogP contribution in [-0.2, 0) is 6.42 Å². The van der Waals surface area contributed by atoms with Crippen LogP contribution in [-0.4, -0.2) is 24.2 Å². The standard InChI is InChI=1S/C16H19ClN2O2/c1-5-7-13-18-15(10(2)16(17)19-13)14-11(20-3)8-6-9-12(14)21-4/h6,8-9H,5,7H2,1-4H3. The van der Waals surface area contributed by atoms with Gasteiger partial charge in [0.05, 0.1) is 25.5 Å². The molecule has 2 aromatic rings. The summed E-state index contributed by atoms with van der Waals surface area (Å²) in [5.74, 6) is 2.14. The Hall–Kier alpha value is -1.81. The SMILES string of the molecule is CCCc1nc(Cl)c(C)c(-c2c(OC)cccc2OC)n1. The average Bonchev–Trinajstić information content (AvgIpc) is 2.50. The lowest BCUT2D eigenvalue weighted by molar-refractivity contribution is 0.397. The minimum atomic E-state index is 0.469. The molecule has 1 aromatic heterocycles. The number of methoxy groups -OCH3 is 2. The average molecular weight is 307 g/mol. The van der Waals surface area contributed by atoms with E-state index in [4.69, 9.17) is 21.1 Å². The van der Waals surface area contributed by atoms with E-state index in [0.717, 1.165) is 35.5 Å². The third-order valence-corrected chi connectivity index (χ3v) is 3.64. The van der Waals surface area contributed by atoms with E-state index in [9.17, 15) is 0 Å². The number of halogens is 1. The second-order valence-corrected chi connectivity index (χ2v) is 5.05. The summed E-state index contributed by atoms with van der Waals surface area (Å²) in [7, 11) is 3.26. The van der Waals surface area contributed by atoms with Crippen LogP contribution < -0.4 is 9.47 Å². The number of nitrogens with zero attached hydrogens (tertiary/aromatic N) is 2. The van der Waals surface area contributed by atoms with E-state index in [0.29, 0.717) is 16.7 Å². The summed E-state index contributed by atoms with van der Waals surface area (Å²) >= 11 is 6.26. The monoisotopic (exact) mass is 306 g/mol. The van der Waals surface area contributed by atoms with E-state index in [1.54, 1.807) is 14.2 Å². The van der Waals surface area contributed by atoms with E-state index in [2.05, 4.69) is 16.9 Å². The van der Waals surface area contributed by atoms with Gasteiger partial charge in [-0.1, -0.05) is 24.6 Å². The molecule has 5 heteroatoms. The zero-order chi connectivity index (χ0) is 15.4. The van der Waals surface area contributed by atoms with Gasteiger partial charge in [0.25, 0.3) is 0 Å². The fourth-order valence-corrected chi connectivity index (χ4v) is 2.38. The third kappa shape index (κ3) is 3.10.